The Morgan fingerprint density at radius 1 is 1.32 bits per heavy atom. The van der Waals surface area contributed by atoms with Crippen molar-refractivity contribution in [2.75, 3.05) is 13.2 Å². The average molecular weight is 261 g/mol. The molecule has 0 spiro atoms. The third-order valence-electron chi connectivity index (χ3n) is 3.47. The Bertz CT molecular complexity index is 321. The molecule has 0 radical (unpaired) electrons. The van der Waals surface area contributed by atoms with Gasteiger partial charge in [0, 0.05) is 25.3 Å². The number of ether oxygens (including phenoxy) is 1. The molecule has 2 heteroatoms. The van der Waals surface area contributed by atoms with Crippen LogP contribution in [0, 0.1) is 18.3 Å². The Morgan fingerprint density at radius 3 is 2.63 bits per heavy atom. The molecule has 1 N–H and O–H groups in total. The number of rotatable bonds is 5. The summed E-state index contributed by atoms with van der Waals surface area (Å²) in [7, 11) is 0. The van der Waals surface area contributed by atoms with Gasteiger partial charge in [-0.15, -0.1) is 12.3 Å². The third kappa shape index (κ3) is 7.20. The lowest BCUT2D eigenvalue weighted by Crippen LogP contribution is -2.36. The van der Waals surface area contributed by atoms with Crippen LogP contribution >= 0.6 is 0 Å². The van der Waals surface area contributed by atoms with E-state index in [0.717, 1.165) is 25.2 Å². The first-order valence-corrected chi connectivity index (χ1v) is 7.30. The standard InChI is InChI=1S/C14H23NO.C3H4/c1-2-3-4-5-6-12-11-14(12)15-13-7-9-16-10-8-13;1-3-2/h2-5,12-15H,6-11H2,1H3;1H,2H3/b3-2-,5-4-;. The summed E-state index contributed by atoms with van der Waals surface area (Å²) >= 11 is 0. The topological polar surface area (TPSA) is 21.3 Å². The smallest absolute Gasteiger partial charge is 0.0480 e. The molecule has 2 nitrogen and oxygen atoms in total. The van der Waals surface area contributed by atoms with Crippen LogP contribution < -0.4 is 5.32 Å². The fourth-order valence-electron chi connectivity index (χ4n) is 2.32. The number of hydrogen-bond acceptors (Lipinski definition) is 2. The summed E-state index contributed by atoms with van der Waals surface area (Å²) in [4.78, 5) is 0. The van der Waals surface area contributed by atoms with Crippen LogP contribution in [-0.4, -0.2) is 25.3 Å². The van der Waals surface area contributed by atoms with Gasteiger partial charge in [-0.1, -0.05) is 24.3 Å². The van der Waals surface area contributed by atoms with Gasteiger partial charge in [0.15, 0.2) is 0 Å². The van der Waals surface area contributed by atoms with Crippen molar-refractivity contribution < 1.29 is 4.74 Å². The summed E-state index contributed by atoms with van der Waals surface area (Å²) in [5.74, 6) is 3.13. The van der Waals surface area contributed by atoms with E-state index in [0.29, 0.717) is 6.04 Å². The second kappa shape index (κ2) is 9.83. The largest absolute Gasteiger partial charge is 0.381 e. The van der Waals surface area contributed by atoms with Crippen LogP contribution in [-0.2, 0) is 4.74 Å². The zero-order valence-electron chi connectivity index (χ0n) is 12.3. The molecule has 2 aliphatic rings. The van der Waals surface area contributed by atoms with Gasteiger partial charge >= 0.3 is 0 Å². The maximum Gasteiger partial charge on any atom is 0.0480 e. The summed E-state index contributed by atoms with van der Waals surface area (Å²) in [5.41, 5.74) is 0. The van der Waals surface area contributed by atoms with Crippen molar-refractivity contribution in [3.8, 4) is 12.3 Å². The first-order chi connectivity index (χ1) is 9.31. The minimum absolute atomic E-state index is 0.711. The molecule has 0 aromatic rings. The van der Waals surface area contributed by atoms with Crippen molar-refractivity contribution in [2.24, 2.45) is 5.92 Å². The van der Waals surface area contributed by atoms with E-state index in [9.17, 15) is 0 Å². The molecule has 1 heterocycles. The summed E-state index contributed by atoms with van der Waals surface area (Å²) < 4.78 is 5.36. The molecule has 19 heavy (non-hydrogen) atoms. The van der Waals surface area contributed by atoms with E-state index < -0.39 is 0 Å². The Labute approximate surface area is 118 Å². The van der Waals surface area contributed by atoms with Gasteiger partial charge in [-0.25, -0.2) is 0 Å². The molecule has 2 fully saturated rings. The zero-order valence-corrected chi connectivity index (χ0v) is 12.3. The third-order valence-corrected chi connectivity index (χ3v) is 3.47. The highest BCUT2D eigenvalue weighted by molar-refractivity contribution is 5.05. The van der Waals surface area contributed by atoms with Crippen LogP contribution in [0.1, 0.15) is 39.5 Å². The summed E-state index contributed by atoms with van der Waals surface area (Å²) in [5, 5.41) is 3.75. The van der Waals surface area contributed by atoms with Crippen LogP contribution in [0.15, 0.2) is 24.3 Å². The average Bonchev–Trinajstić information content (AvgIpc) is 3.15. The molecule has 1 saturated carbocycles. The summed E-state index contributed by atoms with van der Waals surface area (Å²) in [6.45, 7) is 5.59. The van der Waals surface area contributed by atoms with Gasteiger partial charge in [-0.05, 0) is 45.4 Å². The molecule has 2 rings (SSSR count). The Hall–Kier alpha value is -1.04. The van der Waals surface area contributed by atoms with Crippen molar-refractivity contribution >= 4 is 0 Å². The highest BCUT2D eigenvalue weighted by atomic mass is 16.5. The van der Waals surface area contributed by atoms with Gasteiger partial charge in [0.25, 0.3) is 0 Å². The lowest BCUT2D eigenvalue weighted by molar-refractivity contribution is 0.0772. The SMILES string of the molecule is C#CC.C/C=C\C=C/CC1CC1NC1CCOCC1. The molecule has 106 valence electrons. The van der Waals surface area contributed by atoms with E-state index in [1.165, 1.54) is 25.7 Å². The van der Waals surface area contributed by atoms with Crippen molar-refractivity contribution in [3.05, 3.63) is 24.3 Å². The van der Waals surface area contributed by atoms with E-state index in [1.807, 2.05) is 0 Å². The molecule has 2 unspecified atom stereocenters. The fourth-order valence-corrected chi connectivity index (χ4v) is 2.32. The maximum absolute atomic E-state index is 5.36. The molecular formula is C17H27NO. The lowest BCUT2D eigenvalue weighted by atomic mass is 10.1. The van der Waals surface area contributed by atoms with Gasteiger partial charge in [0.05, 0.1) is 0 Å². The van der Waals surface area contributed by atoms with Crippen LogP contribution in [0.4, 0.5) is 0 Å². The quantitative estimate of drug-likeness (QED) is 0.605. The summed E-state index contributed by atoms with van der Waals surface area (Å²) in [6, 6.07) is 1.49. The predicted molar refractivity (Wildman–Crippen MR) is 81.9 cm³/mol. The Morgan fingerprint density at radius 2 is 2.00 bits per heavy atom. The van der Waals surface area contributed by atoms with Crippen molar-refractivity contribution in [3.63, 3.8) is 0 Å². The van der Waals surface area contributed by atoms with Gasteiger partial charge in [0.2, 0.25) is 0 Å². The fraction of sp³-hybridized carbons (Fsp3) is 0.647. The molecule has 1 aliphatic carbocycles. The molecule has 2 atom stereocenters. The monoisotopic (exact) mass is 261 g/mol. The van der Waals surface area contributed by atoms with Crippen LogP contribution in [0.25, 0.3) is 0 Å². The minimum atomic E-state index is 0.711. The molecule has 0 amide bonds. The lowest BCUT2D eigenvalue weighted by Gasteiger charge is -2.23. The van der Waals surface area contributed by atoms with Crippen LogP contribution in [0.2, 0.25) is 0 Å². The van der Waals surface area contributed by atoms with Gasteiger partial charge in [0.1, 0.15) is 0 Å². The number of terminal acetylenes is 1. The molecule has 1 saturated heterocycles. The van der Waals surface area contributed by atoms with Crippen molar-refractivity contribution in [1.29, 1.82) is 0 Å². The molecule has 0 bridgehead atoms. The zero-order chi connectivity index (χ0) is 13.9. The normalized spacial score (nSPS) is 27.0. The van der Waals surface area contributed by atoms with E-state index in [1.54, 1.807) is 6.92 Å². The molecule has 0 aromatic carbocycles. The van der Waals surface area contributed by atoms with Crippen LogP contribution in [0.3, 0.4) is 0 Å². The first kappa shape index (κ1) is 16.0. The second-order valence-electron chi connectivity index (χ2n) is 5.13. The van der Waals surface area contributed by atoms with Crippen molar-refractivity contribution in [2.45, 2.75) is 51.6 Å². The highest BCUT2D eigenvalue weighted by Crippen LogP contribution is 2.34. The molecular weight excluding hydrogens is 234 g/mol. The molecule has 0 aromatic heterocycles. The minimum Gasteiger partial charge on any atom is -0.381 e. The number of allylic oxidation sites excluding steroid dienone is 4. The number of hydrogen-bond donors (Lipinski definition) is 1. The van der Waals surface area contributed by atoms with Gasteiger partial charge in [-0.2, -0.15) is 0 Å². The Balaban J connectivity index is 0.000000550. The van der Waals surface area contributed by atoms with Crippen LogP contribution in [0.5, 0.6) is 0 Å². The second-order valence-corrected chi connectivity index (χ2v) is 5.13. The number of nitrogens with one attached hydrogen (secondary N) is 1. The Kier molecular flexibility index (Phi) is 8.29. The van der Waals surface area contributed by atoms with Gasteiger partial charge < -0.3 is 10.1 Å². The molecule has 1 aliphatic heterocycles. The predicted octanol–water partition coefficient (Wildman–Crippen LogP) is 3.31. The summed E-state index contributed by atoms with van der Waals surface area (Å²) in [6.07, 6.45) is 18.2. The van der Waals surface area contributed by atoms with E-state index in [2.05, 4.69) is 48.9 Å². The van der Waals surface area contributed by atoms with E-state index in [4.69, 9.17) is 4.74 Å². The van der Waals surface area contributed by atoms with E-state index >= 15 is 0 Å². The van der Waals surface area contributed by atoms with Crippen molar-refractivity contribution in [1.82, 2.24) is 5.32 Å². The van der Waals surface area contributed by atoms with Gasteiger partial charge in [-0.3, -0.25) is 0 Å². The first-order valence-electron chi connectivity index (χ1n) is 7.30. The van der Waals surface area contributed by atoms with E-state index in [-0.39, 0.29) is 0 Å². The highest BCUT2D eigenvalue weighted by Gasteiger charge is 2.37. The maximum atomic E-state index is 5.36.